The first kappa shape index (κ1) is 30.8. The van der Waals surface area contributed by atoms with E-state index in [0.29, 0.717) is 35.3 Å². The SMILES string of the molecule is CC[C@@H]1CN(C(=O)NCC(F)(F)F)C[C@@H]1c1cnc2cnc3c(ccn3C(=O)C(NC(=O)OC(C)(C)C)c3ccccc3)n12. The summed E-state index contributed by atoms with van der Waals surface area (Å²) in [4.78, 5) is 49.7. The Labute approximate surface area is 251 Å². The lowest BCUT2D eigenvalue weighted by Crippen LogP contribution is -2.42. The van der Waals surface area contributed by atoms with Crippen molar-refractivity contribution in [3.05, 3.63) is 66.2 Å². The van der Waals surface area contributed by atoms with Crippen LogP contribution in [0.1, 0.15) is 62.1 Å². The number of carbonyl (C=O) groups excluding carboxylic acids is 3. The van der Waals surface area contributed by atoms with Gasteiger partial charge in [-0.3, -0.25) is 13.8 Å². The Balaban J connectivity index is 1.48. The highest BCUT2D eigenvalue weighted by atomic mass is 19.4. The van der Waals surface area contributed by atoms with Gasteiger partial charge in [-0.15, -0.1) is 0 Å². The molecule has 3 atom stereocenters. The van der Waals surface area contributed by atoms with Gasteiger partial charge in [-0.25, -0.2) is 19.6 Å². The summed E-state index contributed by atoms with van der Waals surface area (Å²) in [5, 5.41) is 4.64. The molecule has 14 heteroatoms. The van der Waals surface area contributed by atoms with Crippen molar-refractivity contribution >= 4 is 34.8 Å². The number of alkyl halides is 3. The molecule has 11 nitrogen and oxygen atoms in total. The van der Waals surface area contributed by atoms with Crippen molar-refractivity contribution in [3.63, 3.8) is 0 Å². The van der Waals surface area contributed by atoms with Gasteiger partial charge in [0.2, 0.25) is 0 Å². The van der Waals surface area contributed by atoms with E-state index in [9.17, 15) is 27.6 Å². The number of rotatable bonds is 6. The number of nitrogens with zero attached hydrogens (tertiary/aromatic N) is 5. The molecule has 44 heavy (non-hydrogen) atoms. The van der Waals surface area contributed by atoms with Crippen molar-refractivity contribution in [2.75, 3.05) is 19.6 Å². The zero-order valence-electron chi connectivity index (χ0n) is 24.8. The molecule has 3 amide bonds. The van der Waals surface area contributed by atoms with E-state index in [1.54, 1.807) is 69.6 Å². The van der Waals surface area contributed by atoms with Gasteiger partial charge < -0.3 is 20.3 Å². The molecule has 0 bridgehead atoms. The number of urea groups is 1. The van der Waals surface area contributed by atoms with Gasteiger partial charge in [0.25, 0.3) is 5.91 Å². The van der Waals surface area contributed by atoms with Gasteiger partial charge in [-0.1, -0.05) is 43.7 Å². The van der Waals surface area contributed by atoms with E-state index in [2.05, 4.69) is 15.3 Å². The van der Waals surface area contributed by atoms with E-state index in [0.717, 1.165) is 5.69 Å². The molecule has 1 aliphatic rings. The molecular formula is C30H34F3N7O4. The Kier molecular flexibility index (Phi) is 8.28. The number of hydrogen-bond acceptors (Lipinski definition) is 6. The molecule has 1 unspecified atom stereocenters. The molecule has 1 fully saturated rings. The molecule has 4 aromatic rings. The number of imidazole rings is 1. The summed E-state index contributed by atoms with van der Waals surface area (Å²) in [7, 11) is 0. The van der Waals surface area contributed by atoms with Gasteiger partial charge in [0.05, 0.1) is 11.7 Å². The first-order valence-electron chi connectivity index (χ1n) is 14.3. The summed E-state index contributed by atoms with van der Waals surface area (Å²) in [5.74, 6) is -0.716. The summed E-state index contributed by atoms with van der Waals surface area (Å²) in [6, 6.07) is 8.65. The number of ether oxygens (including phenoxy) is 1. The second-order valence-corrected chi connectivity index (χ2v) is 11.8. The number of nitrogens with one attached hydrogen (secondary N) is 2. The molecule has 1 aromatic carbocycles. The number of carbonyl (C=O) groups is 3. The van der Waals surface area contributed by atoms with Crippen LogP contribution in [0.15, 0.2) is 55.0 Å². The minimum absolute atomic E-state index is 0.0287. The van der Waals surface area contributed by atoms with E-state index in [1.165, 1.54) is 15.7 Å². The Morgan fingerprint density at radius 2 is 1.77 bits per heavy atom. The van der Waals surface area contributed by atoms with Crippen LogP contribution in [0.4, 0.5) is 22.8 Å². The standard InChI is InChI=1S/C30H34F3N7O4/c1-5-18-15-38(27(42)36-17-30(31,32)33)16-20(18)22-13-34-23-14-35-25-21(40(22)23)11-12-39(25)26(41)24(19-9-7-6-8-10-19)37-28(43)44-29(2,3)4/h6-14,18,20,24H,5,15-17H2,1-4H3,(H,36,42)(H,37,43)/t18-,20+,24?/m1/s1. The minimum atomic E-state index is -4.51. The topological polar surface area (TPSA) is 123 Å². The quantitative estimate of drug-likeness (QED) is 0.305. The third-order valence-electron chi connectivity index (χ3n) is 7.55. The van der Waals surface area contributed by atoms with E-state index in [1.807, 2.05) is 16.6 Å². The number of fused-ring (bicyclic) bond motifs is 3. The van der Waals surface area contributed by atoms with Crippen molar-refractivity contribution in [1.82, 2.24) is 34.5 Å². The van der Waals surface area contributed by atoms with Crippen LogP contribution in [0.25, 0.3) is 16.8 Å². The van der Waals surface area contributed by atoms with Crippen molar-refractivity contribution in [1.29, 1.82) is 0 Å². The van der Waals surface area contributed by atoms with Crippen LogP contribution in [0.3, 0.4) is 0 Å². The second kappa shape index (κ2) is 11.8. The van der Waals surface area contributed by atoms with Crippen molar-refractivity contribution in [2.45, 2.75) is 57.9 Å². The Morgan fingerprint density at radius 3 is 2.43 bits per heavy atom. The molecule has 0 spiro atoms. The molecule has 234 valence electrons. The Morgan fingerprint density at radius 1 is 1.05 bits per heavy atom. The summed E-state index contributed by atoms with van der Waals surface area (Å²) in [6.07, 6.45) is 0.197. The number of amides is 3. The van der Waals surface area contributed by atoms with Gasteiger partial charge in [0.15, 0.2) is 11.3 Å². The lowest BCUT2D eigenvalue weighted by molar-refractivity contribution is -0.123. The average Bonchev–Trinajstić information content (AvgIpc) is 3.69. The molecule has 1 aliphatic heterocycles. The van der Waals surface area contributed by atoms with Gasteiger partial charge in [0.1, 0.15) is 18.2 Å². The van der Waals surface area contributed by atoms with Crippen molar-refractivity contribution in [3.8, 4) is 0 Å². The third kappa shape index (κ3) is 6.48. The average molecular weight is 614 g/mol. The Bertz CT molecular complexity index is 1680. The van der Waals surface area contributed by atoms with E-state index in [4.69, 9.17) is 4.74 Å². The molecule has 1 saturated heterocycles. The van der Waals surface area contributed by atoms with Crippen LogP contribution < -0.4 is 10.6 Å². The van der Waals surface area contributed by atoms with Gasteiger partial charge >= 0.3 is 18.3 Å². The molecule has 4 heterocycles. The lowest BCUT2D eigenvalue weighted by Gasteiger charge is -2.23. The summed E-state index contributed by atoms with van der Waals surface area (Å²) >= 11 is 0. The van der Waals surface area contributed by atoms with Crippen molar-refractivity contribution in [2.24, 2.45) is 5.92 Å². The fraction of sp³-hybridized carbons (Fsp3) is 0.433. The molecule has 2 N–H and O–H groups in total. The third-order valence-corrected chi connectivity index (χ3v) is 7.55. The maximum Gasteiger partial charge on any atom is 0.408 e. The molecular weight excluding hydrogens is 579 g/mol. The van der Waals surface area contributed by atoms with Crippen molar-refractivity contribution < 1.29 is 32.3 Å². The van der Waals surface area contributed by atoms with Gasteiger partial charge in [-0.2, -0.15) is 13.2 Å². The summed E-state index contributed by atoms with van der Waals surface area (Å²) < 4.78 is 46.7. The lowest BCUT2D eigenvalue weighted by atomic mass is 9.91. The first-order chi connectivity index (χ1) is 20.8. The summed E-state index contributed by atoms with van der Waals surface area (Å²) in [5.41, 5.74) is 1.93. The normalized spacial score (nSPS) is 18.0. The van der Waals surface area contributed by atoms with E-state index >= 15 is 0 Å². The maximum atomic E-state index is 14.0. The monoisotopic (exact) mass is 613 g/mol. The fourth-order valence-electron chi connectivity index (χ4n) is 5.58. The van der Waals surface area contributed by atoms with Crippen LogP contribution in [0, 0.1) is 5.92 Å². The number of aromatic nitrogens is 4. The van der Waals surface area contributed by atoms with Crippen LogP contribution in [0.5, 0.6) is 0 Å². The van der Waals surface area contributed by atoms with Gasteiger partial charge in [0, 0.05) is 37.1 Å². The highest BCUT2D eigenvalue weighted by molar-refractivity contribution is 5.95. The van der Waals surface area contributed by atoms with Crippen LogP contribution in [-0.2, 0) is 4.74 Å². The predicted octanol–water partition coefficient (Wildman–Crippen LogP) is 5.29. The second-order valence-electron chi connectivity index (χ2n) is 11.8. The predicted molar refractivity (Wildman–Crippen MR) is 155 cm³/mol. The summed E-state index contributed by atoms with van der Waals surface area (Å²) in [6.45, 7) is 6.24. The number of alkyl carbamates (subject to hydrolysis) is 1. The molecule has 3 aromatic heterocycles. The van der Waals surface area contributed by atoms with Crippen LogP contribution >= 0.6 is 0 Å². The molecule has 0 radical (unpaired) electrons. The largest absolute Gasteiger partial charge is 0.444 e. The zero-order valence-corrected chi connectivity index (χ0v) is 24.8. The molecule has 0 aliphatic carbocycles. The highest BCUT2D eigenvalue weighted by Crippen LogP contribution is 2.36. The highest BCUT2D eigenvalue weighted by Gasteiger charge is 2.38. The maximum absolute atomic E-state index is 14.0. The van der Waals surface area contributed by atoms with E-state index in [-0.39, 0.29) is 18.4 Å². The number of hydrogen-bond donors (Lipinski definition) is 2. The first-order valence-corrected chi connectivity index (χ1v) is 14.3. The Hall–Kier alpha value is -4.62. The van der Waals surface area contributed by atoms with Gasteiger partial charge in [-0.05, 0) is 38.3 Å². The zero-order chi connectivity index (χ0) is 31.8. The minimum Gasteiger partial charge on any atom is -0.444 e. The smallest absolute Gasteiger partial charge is 0.408 e. The fourth-order valence-corrected chi connectivity index (χ4v) is 5.58. The number of benzene rings is 1. The van der Waals surface area contributed by atoms with Crippen LogP contribution in [-0.4, -0.2) is 73.3 Å². The molecule has 0 saturated carbocycles. The van der Waals surface area contributed by atoms with E-state index < -0.39 is 42.4 Å². The van der Waals surface area contributed by atoms with Crippen LogP contribution in [0.2, 0.25) is 0 Å². The molecule has 5 rings (SSSR count). The number of halogens is 3. The number of likely N-dealkylation sites (tertiary alicyclic amines) is 1.